The molecule has 1 rings (SSSR count). The summed E-state index contributed by atoms with van der Waals surface area (Å²) in [5.41, 5.74) is -0.125. The molecule has 0 spiro atoms. The maximum Gasteiger partial charge on any atom is 0.225 e. The van der Waals surface area contributed by atoms with Crippen molar-refractivity contribution < 1.29 is 9.90 Å². The van der Waals surface area contributed by atoms with Gasteiger partial charge in [0, 0.05) is 19.5 Å². The zero-order chi connectivity index (χ0) is 15.2. The van der Waals surface area contributed by atoms with Gasteiger partial charge >= 0.3 is 0 Å². The summed E-state index contributed by atoms with van der Waals surface area (Å²) >= 11 is 5.99. The van der Waals surface area contributed by atoms with Gasteiger partial charge < -0.3 is 15.3 Å². The largest absolute Gasteiger partial charge is 0.389 e. The zero-order valence-electron chi connectivity index (χ0n) is 12.3. The van der Waals surface area contributed by atoms with E-state index in [2.05, 4.69) is 5.32 Å². The molecule has 0 saturated heterocycles. The van der Waals surface area contributed by atoms with Crippen LogP contribution in [0.1, 0.15) is 27.2 Å². The second-order valence-electron chi connectivity index (χ2n) is 5.46. The van der Waals surface area contributed by atoms with E-state index in [1.54, 1.807) is 26.0 Å². The van der Waals surface area contributed by atoms with Crippen LogP contribution in [-0.4, -0.2) is 41.1 Å². The van der Waals surface area contributed by atoms with Gasteiger partial charge in [-0.25, -0.2) is 0 Å². The average Bonchev–Trinajstić information content (AvgIpc) is 2.36. The van der Waals surface area contributed by atoms with Crippen LogP contribution >= 0.6 is 11.6 Å². The predicted octanol–water partition coefficient (Wildman–Crippen LogP) is 2.76. The Balaban J connectivity index is 2.45. The molecule has 1 aromatic carbocycles. The van der Waals surface area contributed by atoms with Gasteiger partial charge in [-0.15, -0.1) is 0 Å². The Morgan fingerprint density at radius 2 is 2.05 bits per heavy atom. The normalized spacial score (nSPS) is 11.7. The van der Waals surface area contributed by atoms with Crippen molar-refractivity contribution in [3.05, 3.63) is 29.3 Å². The van der Waals surface area contributed by atoms with Gasteiger partial charge in [0.2, 0.25) is 5.91 Å². The molecule has 5 heteroatoms. The molecule has 0 heterocycles. The molecule has 0 saturated carbocycles. The molecule has 0 radical (unpaired) electrons. The minimum Gasteiger partial charge on any atom is -0.389 e. The van der Waals surface area contributed by atoms with Crippen LogP contribution in [-0.2, 0) is 4.79 Å². The average molecular weight is 299 g/mol. The third-order valence-electron chi connectivity index (χ3n) is 2.86. The molecule has 0 aliphatic rings. The smallest absolute Gasteiger partial charge is 0.225 e. The first-order valence-electron chi connectivity index (χ1n) is 6.81. The number of carbonyl (C=O) groups excluding carboxylic acids is 1. The third-order valence-corrected chi connectivity index (χ3v) is 3.19. The van der Waals surface area contributed by atoms with Gasteiger partial charge in [-0.2, -0.15) is 0 Å². The van der Waals surface area contributed by atoms with Crippen LogP contribution in [0.5, 0.6) is 0 Å². The van der Waals surface area contributed by atoms with Crippen molar-refractivity contribution in [2.45, 2.75) is 32.8 Å². The van der Waals surface area contributed by atoms with E-state index in [1.807, 2.05) is 24.0 Å². The summed E-state index contributed by atoms with van der Waals surface area (Å²) in [7, 11) is 0. The van der Waals surface area contributed by atoms with Gasteiger partial charge in [0.25, 0.3) is 0 Å². The van der Waals surface area contributed by atoms with Crippen LogP contribution in [0.25, 0.3) is 0 Å². The summed E-state index contributed by atoms with van der Waals surface area (Å²) in [4.78, 5) is 13.9. The summed E-state index contributed by atoms with van der Waals surface area (Å²) in [5.74, 6) is -0.0766. The van der Waals surface area contributed by atoms with E-state index >= 15 is 0 Å². The summed E-state index contributed by atoms with van der Waals surface area (Å²) in [6.07, 6.45) is 0.370. The molecule has 0 aliphatic heterocycles. The molecular weight excluding hydrogens is 276 g/mol. The van der Waals surface area contributed by atoms with Crippen LogP contribution in [0, 0.1) is 0 Å². The number of halogens is 1. The van der Waals surface area contributed by atoms with Crippen molar-refractivity contribution in [3.8, 4) is 0 Å². The summed E-state index contributed by atoms with van der Waals surface area (Å²) in [6, 6.07) is 7.16. The number of hydrogen-bond donors (Lipinski definition) is 2. The van der Waals surface area contributed by atoms with Gasteiger partial charge in [0.15, 0.2) is 0 Å². The van der Waals surface area contributed by atoms with Crippen LogP contribution in [0.3, 0.4) is 0 Å². The number of nitrogens with zero attached hydrogens (tertiary/aromatic N) is 1. The van der Waals surface area contributed by atoms with Crippen molar-refractivity contribution >= 4 is 23.2 Å². The van der Waals surface area contributed by atoms with Gasteiger partial charge in [0.1, 0.15) is 0 Å². The van der Waals surface area contributed by atoms with Crippen molar-refractivity contribution in [2.75, 3.05) is 25.0 Å². The molecule has 0 atom stereocenters. The first kappa shape index (κ1) is 17.0. The number of hydrogen-bond acceptors (Lipinski definition) is 3. The molecule has 1 amide bonds. The number of anilines is 1. The second kappa shape index (κ2) is 7.62. The number of aliphatic hydroxyl groups is 1. The van der Waals surface area contributed by atoms with Crippen molar-refractivity contribution in [1.82, 2.24) is 4.90 Å². The monoisotopic (exact) mass is 298 g/mol. The Bertz CT molecular complexity index is 444. The lowest BCUT2D eigenvalue weighted by molar-refractivity contribution is -0.116. The Morgan fingerprint density at radius 1 is 1.40 bits per heavy atom. The second-order valence-corrected chi connectivity index (χ2v) is 5.87. The highest BCUT2D eigenvalue weighted by molar-refractivity contribution is 6.33. The number of amides is 1. The van der Waals surface area contributed by atoms with Gasteiger partial charge in [-0.3, -0.25) is 4.79 Å². The molecule has 0 aromatic heterocycles. The predicted molar refractivity (Wildman–Crippen MR) is 83.1 cm³/mol. The Kier molecular flexibility index (Phi) is 6.46. The van der Waals surface area contributed by atoms with E-state index in [1.165, 1.54) is 0 Å². The summed E-state index contributed by atoms with van der Waals surface area (Å²) in [6.45, 7) is 7.49. The molecule has 1 aromatic rings. The molecular formula is C15H23ClN2O2. The standard InChI is InChI=1S/C15H23ClN2O2/c1-4-18(11-15(2,3)20)10-9-14(19)17-13-8-6-5-7-12(13)16/h5-8,20H,4,9-11H2,1-3H3,(H,17,19). The Labute approximate surface area is 125 Å². The van der Waals surface area contributed by atoms with E-state index in [4.69, 9.17) is 11.6 Å². The SMILES string of the molecule is CCN(CCC(=O)Nc1ccccc1Cl)CC(C)(C)O. The van der Waals surface area contributed by atoms with E-state index in [0.717, 1.165) is 6.54 Å². The number of para-hydroxylation sites is 1. The molecule has 0 aliphatic carbocycles. The lowest BCUT2D eigenvalue weighted by Gasteiger charge is -2.27. The lowest BCUT2D eigenvalue weighted by atomic mass is 10.1. The van der Waals surface area contributed by atoms with Crippen molar-refractivity contribution in [3.63, 3.8) is 0 Å². The van der Waals surface area contributed by atoms with Gasteiger partial charge in [-0.1, -0.05) is 30.7 Å². The van der Waals surface area contributed by atoms with E-state index in [9.17, 15) is 9.90 Å². The van der Waals surface area contributed by atoms with Crippen LogP contribution in [0.4, 0.5) is 5.69 Å². The van der Waals surface area contributed by atoms with Crippen LogP contribution < -0.4 is 5.32 Å². The number of likely N-dealkylation sites (N-methyl/N-ethyl adjacent to an activating group) is 1. The number of benzene rings is 1. The van der Waals surface area contributed by atoms with Crippen molar-refractivity contribution in [1.29, 1.82) is 0 Å². The highest BCUT2D eigenvalue weighted by Gasteiger charge is 2.17. The molecule has 20 heavy (non-hydrogen) atoms. The van der Waals surface area contributed by atoms with Crippen LogP contribution in [0.2, 0.25) is 5.02 Å². The summed E-state index contributed by atoms with van der Waals surface area (Å²) < 4.78 is 0. The molecule has 0 unspecified atom stereocenters. The summed E-state index contributed by atoms with van der Waals surface area (Å²) in [5, 5.41) is 13.1. The quantitative estimate of drug-likeness (QED) is 0.814. The Morgan fingerprint density at radius 3 is 2.60 bits per heavy atom. The van der Waals surface area contributed by atoms with Crippen LogP contribution in [0.15, 0.2) is 24.3 Å². The first-order chi connectivity index (χ1) is 9.31. The number of nitrogens with one attached hydrogen (secondary N) is 1. The number of carbonyl (C=O) groups is 1. The van der Waals surface area contributed by atoms with E-state index < -0.39 is 5.60 Å². The topological polar surface area (TPSA) is 52.6 Å². The molecule has 0 fully saturated rings. The minimum absolute atomic E-state index is 0.0766. The third kappa shape index (κ3) is 6.37. The van der Waals surface area contributed by atoms with E-state index in [-0.39, 0.29) is 5.91 Å². The lowest BCUT2D eigenvalue weighted by Crippen LogP contribution is -2.39. The van der Waals surface area contributed by atoms with Gasteiger partial charge in [0.05, 0.1) is 16.3 Å². The van der Waals surface area contributed by atoms with E-state index in [0.29, 0.717) is 30.2 Å². The fraction of sp³-hybridized carbons (Fsp3) is 0.533. The molecule has 0 bridgehead atoms. The van der Waals surface area contributed by atoms with Crippen molar-refractivity contribution in [2.24, 2.45) is 0 Å². The Hall–Kier alpha value is -1.10. The minimum atomic E-state index is -0.755. The maximum atomic E-state index is 11.9. The molecule has 2 N–H and O–H groups in total. The zero-order valence-corrected chi connectivity index (χ0v) is 13.1. The molecule has 4 nitrogen and oxygen atoms in total. The van der Waals surface area contributed by atoms with Gasteiger partial charge in [-0.05, 0) is 32.5 Å². The molecule has 112 valence electrons. The first-order valence-corrected chi connectivity index (χ1v) is 7.18. The highest BCUT2D eigenvalue weighted by atomic mass is 35.5. The number of rotatable bonds is 7. The fourth-order valence-corrected chi connectivity index (χ4v) is 2.11. The fourth-order valence-electron chi connectivity index (χ4n) is 1.93. The maximum absolute atomic E-state index is 11.9. The highest BCUT2D eigenvalue weighted by Crippen LogP contribution is 2.20.